The molecule has 0 saturated heterocycles. The van der Waals surface area contributed by atoms with Gasteiger partial charge in [-0.25, -0.2) is 29.0 Å². The monoisotopic (exact) mass is 430 g/mol. The fourth-order valence-electron chi connectivity index (χ4n) is 3.58. The van der Waals surface area contributed by atoms with E-state index in [1.165, 1.54) is 12.4 Å². The second-order valence-electron chi connectivity index (χ2n) is 7.15. The van der Waals surface area contributed by atoms with Crippen molar-refractivity contribution in [3.05, 3.63) is 72.8 Å². The number of pyridine rings is 1. The Balaban J connectivity index is 1.62. The van der Waals surface area contributed by atoms with Crippen LogP contribution in [0.15, 0.2) is 61.3 Å². The lowest BCUT2D eigenvalue weighted by molar-refractivity contribution is 0.398. The third-order valence-electron chi connectivity index (χ3n) is 5.22. The van der Waals surface area contributed by atoms with Gasteiger partial charge in [-0.2, -0.15) is 5.10 Å². The van der Waals surface area contributed by atoms with Crippen LogP contribution in [0.4, 0.5) is 10.2 Å². The topological polar surface area (TPSA) is 110 Å². The van der Waals surface area contributed by atoms with E-state index in [9.17, 15) is 4.39 Å². The summed E-state index contributed by atoms with van der Waals surface area (Å²) in [6.07, 6.45) is 4.73. The van der Waals surface area contributed by atoms with E-state index in [0.717, 1.165) is 0 Å². The number of nitrogen functional groups attached to an aromatic ring is 1. The molecule has 32 heavy (non-hydrogen) atoms. The van der Waals surface area contributed by atoms with Crippen LogP contribution in [0.2, 0.25) is 0 Å². The zero-order valence-electron chi connectivity index (χ0n) is 17.3. The van der Waals surface area contributed by atoms with Crippen LogP contribution in [0.25, 0.3) is 28.1 Å². The lowest BCUT2D eigenvalue weighted by Crippen LogP contribution is -2.10. The molecular formula is C22H19FN8O. The molecule has 0 bridgehead atoms. The van der Waals surface area contributed by atoms with Crippen molar-refractivity contribution < 1.29 is 9.13 Å². The highest BCUT2D eigenvalue weighted by Crippen LogP contribution is 2.32. The third-order valence-corrected chi connectivity index (χ3v) is 5.22. The number of halogens is 1. The predicted molar refractivity (Wildman–Crippen MR) is 117 cm³/mol. The predicted octanol–water partition coefficient (Wildman–Crippen LogP) is 3.41. The lowest BCUT2D eigenvalue weighted by Gasteiger charge is -2.10. The van der Waals surface area contributed by atoms with Gasteiger partial charge in [0.25, 0.3) is 0 Å². The maximum Gasteiger partial charge on any atom is 0.213 e. The SMILES string of the molecule is COc1cccc(-c2nn(C(C)c3cn(-c4ccccc4F)cn3)c3ncnc(N)c23)n1. The van der Waals surface area contributed by atoms with Crippen molar-refractivity contribution in [1.29, 1.82) is 0 Å². The maximum atomic E-state index is 14.2. The molecule has 160 valence electrons. The van der Waals surface area contributed by atoms with Gasteiger partial charge >= 0.3 is 0 Å². The first-order chi connectivity index (χ1) is 15.6. The normalized spacial score (nSPS) is 12.2. The number of methoxy groups -OCH3 is 1. The smallest absolute Gasteiger partial charge is 0.213 e. The zero-order valence-corrected chi connectivity index (χ0v) is 17.3. The fraction of sp³-hybridized carbons (Fsp3) is 0.136. The molecule has 2 N–H and O–H groups in total. The molecule has 1 unspecified atom stereocenters. The number of ether oxygens (including phenoxy) is 1. The number of aromatic nitrogens is 7. The number of nitrogens with two attached hydrogens (primary N) is 1. The molecule has 0 aliphatic heterocycles. The van der Waals surface area contributed by atoms with E-state index < -0.39 is 0 Å². The fourth-order valence-corrected chi connectivity index (χ4v) is 3.58. The summed E-state index contributed by atoms with van der Waals surface area (Å²) < 4.78 is 22.8. The van der Waals surface area contributed by atoms with Crippen molar-refractivity contribution in [3.63, 3.8) is 0 Å². The summed E-state index contributed by atoms with van der Waals surface area (Å²) in [5.41, 5.74) is 8.95. The summed E-state index contributed by atoms with van der Waals surface area (Å²) in [4.78, 5) is 17.5. The number of imidazole rings is 1. The van der Waals surface area contributed by atoms with E-state index in [1.807, 2.05) is 19.1 Å². The second kappa shape index (κ2) is 7.73. The minimum absolute atomic E-state index is 0.296. The summed E-state index contributed by atoms with van der Waals surface area (Å²) in [5.74, 6) is 0.419. The van der Waals surface area contributed by atoms with Gasteiger partial charge in [0.1, 0.15) is 23.7 Å². The Hall–Kier alpha value is -4.34. The molecular weight excluding hydrogens is 411 g/mol. The quantitative estimate of drug-likeness (QED) is 0.455. The van der Waals surface area contributed by atoms with Crippen LogP contribution in [-0.4, -0.2) is 41.4 Å². The first-order valence-corrected chi connectivity index (χ1v) is 9.85. The molecule has 0 spiro atoms. The van der Waals surface area contributed by atoms with Gasteiger partial charge in [0.2, 0.25) is 5.88 Å². The number of hydrogen-bond donors (Lipinski definition) is 1. The van der Waals surface area contributed by atoms with Crippen molar-refractivity contribution in [1.82, 2.24) is 34.3 Å². The van der Waals surface area contributed by atoms with E-state index in [4.69, 9.17) is 15.6 Å². The third kappa shape index (κ3) is 3.22. The van der Waals surface area contributed by atoms with Crippen LogP contribution < -0.4 is 10.5 Å². The molecule has 4 aromatic heterocycles. The van der Waals surface area contributed by atoms with Gasteiger partial charge in [-0.3, -0.25) is 0 Å². The summed E-state index contributed by atoms with van der Waals surface area (Å²) in [5, 5.41) is 5.36. The Morgan fingerprint density at radius 3 is 2.72 bits per heavy atom. The molecule has 5 rings (SSSR count). The molecule has 0 fully saturated rings. The highest BCUT2D eigenvalue weighted by Gasteiger charge is 2.23. The van der Waals surface area contributed by atoms with Crippen LogP contribution in [0, 0.1) is 5.82 Å². The average Bonchev–Trinajstić information content (AvgIpc) is 3.45. The molecule has 0 amide bonds. The molecule has 9 nitrogen and oxygen atoms in total. The minimum atomic E-state index is -0.333. The zero-order chi connectivity index (χ0) is 22.2. The molecule has 0 aliphatic carbocycles. The van der Waals surface area contributed by atoms with Crippen LogP contribution in [-0.2, 0) is 0 Å². The number of fused-ring (bicyclic) bond motifs is 1. The maximum absolute atomic E-state index is 14.2. The van der Waals surface area contributed by atoms with Gasteiger partial charge in [0.15, 0.2) is 5.65 Å². The molecule has 0 radical (unpaired) electrons. The second-order valence-corrected chi connectivity index (χ2v) is 7.15. The lowest BCUT2D eigenvalue weighted by atomic mass is 10.2. The van der Waals surface area contributed by atoms with Crippen molar-refractivity contribution in [3.8, 4) is 23.0 Å². The first kappa shape index (κ1) is 19.6. The first-order valence-electron chi connectivity index (χ1n) is 9.85. The largest absolute Gasteiger partial charge is 0.481 e. The Bertz CT molecular complexity index is 1430. The van der Waals surface area contributed by atoms with Crippen LogP contribution >= 0.6 is 0 Å². The van der Waals surface area contributed by atoms with Crippen LogP contribution in [0.3, 0.4) is 0 Å². The van der Waals surface area contributed by atoms with Crippen molar-refractivity contribution in [2.24, 2.45) is 0 Å². The Morgan fingerprint density at radius 1 is 1.06 bits per heavy atom. The molecule has 5 aromatic rings. The van der Waals surface area contributed by atoms with Gasteiger partial charge in [0, 0.05) is 12.3 Å². The Kier molecular flexibility index (Phi) is 4.74. The highest BCUT2D eigenvalue weighted by atomic mass is 19.1. The molecule has 10 heteroatoms. The van der Waals surface area contributed by atoms with Crippen LogP contribution in [0.5, 0.6) is 5.88 Å². The number of anilines is 1. The molecule has 0 aliphatic rings. The minimum Gasteiger partial charge on any atom is -0.481 e. The van der Waals surface area contributed by atoms with Gasteiger partial charge in [-0.05, 0) is 25.1 Å². The standard InChI is InChI=1S/C22H19FN8O/c1-13(16-10-30(12-27-16)17-8-4-3-6-14(17)23)31-22-19(21(24)25-11-26-22)20(29-31)15-7-5-9-18(28-15)32-2/h3-13H,1-2H3,(H2,24,25,26). The van der Waals surface area contributed by atoms with Gasteiger partial charge in [0.05, 0.1) is 41.9 Å². The number of benzene rings is 1. The average molecular weight is 430 g/mol. The summed E-state index contributed by atoms with van der Waals surface area (Å²) in [6, 6.07) is 11.6. The summed E-state index contributed by atoms with van der Waals surface area (Å²) in [6.45, 7) is 1.93. The number of rotatable bonds is 5. The van der Waals surface area contributed by atoms with Gasteiger partial charge in [-0.15, -0.1) is 0 Å². The van der Waals surface area contributed by atoms with Crippen molar-refractivity contribution in [2.45, 2.75) is 13.0 Å². The summed E-state index contributed by atoms with van der Waals surface area (Å²) in [7, 11) is 1.55. The van der Waals surface area contributed by atoms with E-state index in [0.29, 0.717) is 45.5 Å². The van der Waals surface area contributed by atoms with E-state index in [2.05, 4.69) is 19.9 Å². The number of nitrogens with zero attached hydrogens (tertiary/aromatic N) is 7. The molecule has 4 heterocycles. The highest BCUT2D eigenvalue weighted by molar-refractivity contribution is 5.97. The van der Waals surface area contributed by atoms with E-state index in [-0.39, 0.29) is 11.9 Å². The van der Waals surface area contributed by atoms with E-state index in [1.54, 1.807) is 53.1 Å². The number of para-hydroxylation sites is 1. The van der Waals surface area contributed by atoms with Crippen LogP contribution in [0.1, 0.15) is 18.7 Å². The molecule has 1 atom stereocenters. The van der Waals surface area contributed by atoms with Crippen molar-refractivity contribution in [2.75, 3.05) is 12.8 Å². The van der Waals surface area contributed by atoms with E-state index >= 15 is 0 Å². The van der Waals surface area contributed by atoms with Crippen molar-refractivity contribution >= 4 is 16.9 Å². The Labute approximate surface area is 182 Å². The summed E-state index contributed by atoms with van der Waals surface area (Å²) >= 11 is 0. The number of hydrogen-bond acceptors (Lipinski definition) is 7. The molecule has 1 aromatic carbocycles. The van der Waals surface area contributed by atoms with Gasteiger partial charge < -0.3 is 15.0 Å². The Morgan fingerprint density at radius 2 is 1.91 bits per heavy atom. The van der Waals surface area contributed by atoms with Gasteiger partial charge in [-0.1, -0.05) is 18.2 Å². The molecule has 0 saturated carbocycles.